The van der Waals surface area contributed by atoms with Crippen molar-refractivity contribution in [2.24, 2.45) is 0 Å². The van der Waals surface area contributed by atoms with Gasteiger partial charge in [-0.3, -0.25) is 0 Å². The average Bonchev–Trinajstić information content (AvgIpc) is 2.29. The molecule has 0 aliphatic rings. The zero-order valence-electron chi connectivity index (χ0n) is 7.83. The first kappa shape index (κ1) is 11.1. The maximum absolute atomic E-state index is 4.27. The molecule has 0 fully saturated rings. The van der Waals surface area contributed by atoms with Gasteiger partial charge in [-0.15, -0.1) is 0 Å². The molecule has 0 aromatic carbocycles. The van der Waals surface area contributed by atoms with E-state index in [1.807, 2.05) is 24.5 Å². The second-order valence-electron chi connectivity index (χ2n) is 2.74. The van der Waals surface area contributed by atoms with Crippen LogP contribution in [0.15, 0.2) is 52.6 Å². The summed E-state index contributed by atoms with van der Waals surface area (Å²) in [4.78, 5) is 10.7. The van der Waals surface area contributed by atoms with Crippen LogP contribution in [0.2, 0.25) is 0 Å². The second kappa shape index (κ2) is 5.59. The van der Waals surface area contributed by atoms with E-state index in [-0.39, 0.29) is 0 Å². The van der Waals surface area contributed by atoms with Crippen LogP contribution in [0.4, 0.5) is 0 Å². The standard InChI is InChI=1S/C10H9AsN2S2/c11-10-9(4-2-6-13-10)15-14-8-3-1-5-12-7-8/h1-7H,11H2. The Labute approximate surface area is 105 Å². The van der Waals surface area contributed by atoms with Gasteiger partial charge in [0.25, 0.3) is 0 Å². The van der Waals surface area contributed by atoms with Gasteiger partial charge >= 0.3 is 106 Å². The molecule has 0 amide bonds. The van der Waals surface area contributed by atoms with Gasteiger partial charge in [-0.25, -0.2) is 0 Å². The molecule has 1 atom stereocenters. The first-order valence-corrected chi connectivity index (χ1v) is 7.67. The fraction of sp³-hybridized carbons (Fsp3) is 0. The van der Waals surface area contributed by atoms with Gasteiger partial charge in [0, 0.05) is 0 Å². The summed E-state index contributed by atoms with van der Waals surface area (Å²) in [5.74, 6) is 0. The van der Waals surface area contributed by atoms with Crippen molar-refractivity contribution in [2.45, 2.75) is 9.79 Å². The number of hydrogen-bond acceptors (Lipinski definition) is 4. The van der Waals surface area contributed by atoms with Crippen molar-refractivity contribution in [3.8, 4) is 0 Å². The molecule has 0 bridgehead atoms. The molecule has 2 aromatic rings. The third kappa shape index (κ3) is 3.26. The molecule has 2 heterocycles. The normalized spacial score (nSPS) is 10.2. The summed E-state index contributed by atoms with van der Waals surface area (Å²) < 4.78 is 1.13. The monoisotopic (exact) mass is 296 g/mol. The Balaban J connectivity index is 2.03. The topological polar surface area (TPSA) is 25.8 Å². The molecule has 5 heteroatoms. The second-order valence-corrected chi connectivity index (χ2v) is 6.13. The van der Waals surface area contributed by atoms with Crippen LogP contribution in [-0.2, 0) is 0 Å². The predicted molar refractivity (Wildman–Crippen MR) is 68.4 cm³/mol. The summed E-state index contributed by atoms with van der Waals surface area (Å²) in [7, 11) is 3.44. The predicted octanol–water partition coefficient (Wildman–Crippen LogP) is 1.53. The van der Waals surface area contributed by atoms with Crippen molar-refractivity contribution < 1.29 is 0 Å². The van der Waals surface area contributed by atoms with Crippen molar-refractivity contribution in [2.75, 3.05) is 0 Å². The van der Waals surface area contributed by atoms with Crippen LogP contribution in [0.3, 0.4) is 0 Å². The maximum atomic E-state index is 4.27. The quantitative estimate of drug-likeness (QED) is 0.634. The number of nitrogens with zero attached hydrogens (tertiary/aromatic N) is 2. The zero-order chi connectivity index (χ0) is 10.5. The van der Waals surface area contributed by atoms with Gasteiger partial charge in [0.15, 0.2) is 0 Å². The third-order valence-corrected chi connectivity index (χ3v) is 5.47. The summed E-state index contributed by atoms with van der Waals surface area (Å²) in [5, 5.41) is 0. The Kier molecular flexibility index (Phi) is 4.12. The van der Waals surface area contributed by atoms with E-state index >= 15 is 0 Å². The van der Waals surface area contributed by atoms with E-state index in [0.29, 0.717) is 0 Å². The fourth-order valence-electron chi connectivity index (χ4n) is 0.963. The van der Waals surface area contributed by atoms with Gasteiger partial charge in [0.2, 0.25) is 0 Å². The average molecular weight is 296 g/mol. The molecule has 2 rings (SSSR count). The van der Waals surface area contributed by atoms with Crippen molar-refractivity contribution >= 4 is 42.9 Å². The Morgan fingerprint density at radius 2 is 1.93 bits per heavy atom. The number of pyridine rings is 2. The number of hydrogen-bond donors (Lipinski definition) is 0. The molecule has 0 saturated heterocycles. The summed E-state index contributed by atoms with van der Waals surface area (Å²) in [6.45, 7) is 0. The van der Waals surface area contributed by atoms with E-state index in [0.717, 1.165) is 4.48 Å². The van der Waals surface area contributed by atoms with Crippen LogP contribution in [0.1, 0.15) is 0 Å². The van der Waals surface area contributed by atoms with E-state index in [2.05, 4.69) is 22.1 Å². The minimum atomic E-state index is 1.13. The molecule has 0 saturated carbocycles. The summed E-state index contributed by atoms with van der Waals surface area (Å²) >= 11 is 1.56. The van der Waals surface area contributed by atoms with Crippen molar-refractivity contribution in [3.05, 3.63) is 42.9 Å². The molecule has 0 radical (unpaired) electrons. The van der Waals surface area contributed by atoms with Gasteiger partial charge in [-0.1, -0.05) is 0 Å². The summed E-state index contributed by atoms with van der Waals surface area (Å²) in [6.07, 6.45) is 5.48. The Morgan fingerprint density at radius 1 is 1.07 bits per heavy atom. The SMILES string of the molecule is [AsH2]c1ncccc1SSc1cccnc1. The summed E-state index contributed by atoms with van der Waals surface area (Å²) in [6, 6.07) is 8.07. The molecule has 0 N–H and O–H groups in total. The van der Waals surface area contributed by atoms with Crippen LogP contribution in [0, 0.1) is 0 Å². The van der Waals surface area contributed by atoms with Crippen molar-refractivity contribution in [1.82, 2.24) is 9.97 Å². The Hall–Kier alpha value is -0.442. The van der Waals surface area contributed by atoms with Crippen LogP contribution in [0.5, 0.6) is 0 Å². The zero-order valence-corrected chi connectivity index (χ0v) is 11.9. The van der Waals surface area contributed by atoms with Gasteiger partial charge in [-0.2, -0.15) is 0 Å². The van der Waals surface area contributed by atoms with Gasteiger partial charge in [0.1, 0.15) is 0 Å². The molecule has 1 unspecified atom stereocenters. The van der Waals surface area contributed by atoms with Crippen molar-refractivity contribution in [1.29, 1.82) is 0 Å². The molecule has 0 aliphatic heterocycles. The fourth-order valence-corrected chi connectivity index (χ4v) is 4.23. The Morgan fingerprint density at radius 3 is 2.67 bits per heavy atom. The molecule has 76 valence electrons. The van der Waals surface area contributed by atoms with Gasteiger partial charge in [0.05, 0.1) is 0 Å². The Bertz CT molecular complexity index is 436. The van der Waals surface area contributed by atoms with Gasteiger partial charge in [-0.05, 0) is 0 Å². The molecule has 2 nitrogen and oxygen atoms in total. The minimum absolute atomic E-state index is 1.13. The summed E-state index contributed by atoms with van der Waals surface area (Å²) in [5.41, 5.74) is 0. The van der Waals surface area contributed by atoms with Crippen LogP contribution >= 0.6 is 21.6 Å². The van der Waals surface area contributed by atoms with E-state index in [1.165, 1.54) is 9.79 Å². The van der Waals surface area contributed by atoms with E-state index in [9.17, 15) is 0 Å². The molecule has 2 aromatic heterocycles. The van der Waals surface area contributed by atoms with Crippen LogP contribution in [0.25, 0.3) is 0 Å². The molecule has 15 heavy (non-hydrogen) atoms. The molecule has 0 aliphatic carbocycles. The van der Waals surface area contributed by atoms with Crippen LogP contribution in [-0.4, -0.2) is 26.8 Å². The van der Waals surface area contributed by atoms with Crippen molar-refractivity contribution in [3.63, 3.8) is 0 Å². The number of rotatable bonds is 3. The first-order chi connectivity index (χ1) is 7.36. The van der Waals surface area contributed by atoms with E-state index < -0.39 is 0 Å². The van der Waals surface area contributed by atoms with E-state index in [4.69, 9.17) is 0 Å². The molecule has 0 spiro atoms. The van der Waals surface area contributed by atoms with Gasteiger partial charge < -0.3 is 0 Å². The molecular formula is C10H9AsN2S2. The number of aromatic nitrogens is 2. The molecular weight excluding hydrogens is 287 g/mol. The van der Waals surface area contributed by atoms with E-state index in [1.54, 1.807) is 44.6 Å². The first-order valence-electron chi connectivity index (χ1n) is 4.31. The van der Waals surface area contributed by atoms with Crippen LogP contribution < -0.4 is 4.48 Å². The third-order valence-electron chi connectivity index (χ3n) is 1.66.